The average Bonchev–Trinajstić information content (AvgIpc) is 2.75. The summed E-state index contributed by atoms with van der Waals surface area (Å²) in [5, 5.41) is 0. The van der Waals surface area contributed by atoms with Crippen LogP contribution < -0.4 is 0 Å². The molecule has 3 heteroatoms. The van der Waals surface area contributed by atoms with Gasteiger partial charge in [-0.2, -0.15) is 0 Å². The molecule has 1 amide bonds. The quantitative estimate of drug-likeness (QED) is 0.516. The van der Waals surface area contributed by atoms with Gasteiger partial charge in [-0.1, -0.05) is 88.6 Å². The van der Waals surface area contributed by atoms with Gasteiger partial charge in [-0.25, -0.2) is 0 Å². The summed E-state index contributed by atoms with van der Waals surface area (Å²) in [6.07, 6.45) is 16.4. The van der Waals surface area contributed by atoms with Crippen molar-refractivity contribution in [1.82, 2.24) is 9.80 Å². The van der Waals surface area contributed by atoms with Crippen LogP contribution in [0.4, 0.5) is 0 Å². The number of carbonyl (C=O) groups excluding carboxylic acids is 1. The van der Waals surface area contributed by atoms with E-state index >= 15 is 0 Å². The lowest BCUT2D eigenvalue weighted by atomic mass is 9.72. The van der Waals surface area contributed by atoms with Gasteiger partial charge in [0, 0.05) is 19.1 Å². The van der Waals surface area contributed by atoms with E-state index in [1.807, 2.05) is 0 Å². The lowest BCUT2D eigenvalue weighted by Crippen LogP contribution is -2.57. The Hall–Kier alpha value is -1.35. The molecule has 180 valence electrons. The molecule has 0 bridgehead atoms. The molecule has 2 aliphatic rings. The summed E-state index contributed by atoms with van der Waals surface area (Å²) in [6.45, 7) is 9.37. The molecule has 1 aromatic carbocycles. The van der Waals surface area contributed by atoms with E-state index in [4.69, 9.17) is 0 Å². The van der Waals surface area contributed by atoms with E-state index < -0.39 is 0 Å². The molecule has 3 nitrogen and oxygen atoms in total. The third-order valence-electron chi connectivity index (χ3n) is 8.05. The number of amides is 1. The molecule has 2 atom stereocenters. The first-order valence-electron chi connectivity index (χ1n) is 13.4. The van der Waals surface area contributed by atoms with E-state index in [0.717, 1.165) is 12.0 Å². The zero-order valence-corrected chi connectivity index (χ0v) is 21.4. The van der Waals surface area contributed by atoms with Gasteiger partial charge in [0.05, 0.1) is 6.42 Å². The van der Waals surface area contributed by atoms with Crippen molar-refractivity contribution in [2.45, 2.75) is 116 Å². The Kier molecular flexibility index (Phi) is 9.64. The Morgan fingerprint density at radius 1 is 0.938 bits per heavy atom. The monoisotopic (exact) mass is 440 g/mol. The van der Waals surface area contributed by atoms with Crippen LogP contribution in [0.2, 0.25) is 0 Å². The molecule has 32 heavy (non-hydrogen) atoms. The van der Waals surface area contributed by atoms with Gasteiger partial charge in [-0.05, 0) is 63.1 Å². The van der Waals surface area contributed by atoms with Crippen molar-refractivity contribution >= 4 is 5.91 Å². The van der Waals surface area contributed by atoms with Crippen molar-refractivity contribution in [3.8, 4) is 0 Å². The topological polar surface area (TPSA) is 23.6 Å². The Morgan fingerprint density at radius 3 is 2.03 bits per heavy atom. The summed E-state index contributed by atoms with van der Waals surface area (Å²) in [4.78, 5) is 18.2. The highest BCUT2D eigenvalue weighted by Gasteiger charge is 2.40. The predicted octanol–water partition coefficient (Wildman–Crippen LogP) is 6.77. The van der Waals surface area contributed by atoms with Crippen LogP contribution in [0.1, 0.15) is 102 Å². The van der Waals surface area contributed by atoms with Crippen molar-refractivity contribution in [3.63, 3.8) is 0 Å². The van der Waals surface area contributed by atoms with Crippen molar-refractivity contribution in [1.29, 1.82) is 0 Å². The maximum Gasteiger partial charge on any atom is 0.227 e. The van der Waals surface area contributed by atoms with Crippen LogP contribution in [0.3, 0.4) is 0 Å². The lowest BCUT2D eigenvalue weighted by Gasteiger charge is -2.49. The summed E-state index contributed by atoms with van der Waals surface area (Å²) in [5.41, 5.74) is 2.75. The summed E-state index contributed by atoms with van der Waals surface area (Å²) in [6, 6.07) is 9.29. The molecular weight excluding hydrogens is 392 g/mol. The van der Waals surface area contributed by atoms with E-state index in [1.54, 1.807) is 0 Å². The first-order valence-corrected chi connectivity index (χ1v) is 13.4. The molecule has 2 unspecified atom stereocenters. The normalized spacial score (nSPS) is 26.0. The zero-order chi connectivity index (χ0) is 23.0. The molecule has 2 fully saturated rings. The fourth-order valence-corrected chi connectivity index (χ4v) is 5.86. The first kappa shape index (κ1) is 25.3. The second-order valence-corrected chi connectivity index (χ2v) is 11.4. The van der Waals surface area contributed by atoms with Crippen LogP contribution in [0.15, 0.2) is 24.3 Å². The number of hydrogen-bond donors (Lipinski definition) is 0. The third kappa shape index (κ3) is 7.61. The standard InChI is InChI=1S/C29H48N2O/c1-24-14-16-25(17-15-24)22-28(32)30(4)26-18-19-29(2,3)23-27(26)31-20-12-10-8-6-5-7-9-11-13-21-31/h14-17,26-27H,5-13,18-23H2,1-4H3. The summed E-state index contributed by atoms with van der Waals surface area (Å²) in [7, 11) is 2.07. The van der Waals surface area contributed by atoms with Gasteiger partial charge < -0.3 is 4.90 Å². The molecule has 0 aromatic heterocycles. The zero-order valence-electron chi connectivity index (χ0n) is 21.4. The third-order valence-corrected chi connectivity index (χ3v) is 8.05. The Labute approximate surface area is 197 Å². The predicted molar refractivity (Wildman–Crippen MR) is 136 cm³/mol. The highest BCUT2D eigenvalue weighted by Crippen LogP contribution is 2.39. The van der Waals surface area contributed by atoms with Crippen LogP contribution in [0.5, 0.6) is 0 Å². The van der Waals surface area contributed by atoms with E-state index in [0.29, 0.717) is 23.9 Å². The molecular formula is C29H48N2O. The molecule has 0 N–H and O–H groups in total. The van der Waals surface area contributed by atoms with Gasteiger partial charge in [0.25, 0.3) is 0 Å². The van der Waals surface area contributed by atoms with Crippen LogP contribution >= 0.6 is 0 Å². The second kappa shape index (κ2) is 12.2. The van der Waals surface area contributed by atoms with Crippen molar-refractivity contribution in [2.24, 2.45) is 5.41 Å². The lowest BCUT2D eigenvalue weighted by molar-refractivity contribution is -0.134. The van der Waals surface area contributed by atoms with Crippen LogP contribution in [0, 0.1) is 12.3 Å². The highest BCUT2D eigenvalue weighted by molar-refractivity contribution is 5.79. The minimum atomic E-state index is 0.276. The Morgan fingerprint density at radius 2 is 1.47 bits per heavy atom. The van der Waals surface area contributed by atoms with Crippen molar-refractivity contribution in [3.05, 3.63) is 35.4 Å². The maximum atomic E-state index is 13.3. The number of benzene rings is 1. The van der Waals surface area contributed by atoms with Gasteiger partial charge in [-0.15, -0.1) is 0 Å². The minimum Gasteiger partial charge on any atom is -0.341 e. The Bertz CT molecular complexity index is 684. The molecule has 1 aliphatic heterocycles. The molecule has 1 saturated heterocycles. The van der Waals surface area contributed by atoms with Gasteiger partial charge >= 0.3 is 0 Å². The van der Waals surface area contributed by atoms with E-state index in [1.165, 1.54) is 89.3 Å². The van der Waals surface area contributed by atoms with Crippen LogP contribution in [0.25, 0.3) is 0 Å². The van der Waals surface area contributed by atoms with Gasteiger partial charge in [0.2, 0.25) is 5.91 Å². The molecule has 0 radical (unpaired) electrons. The van der Waals surface area contributed by atoms with Gasteiger partial charge in [0.1, 0.15) is 0 Å². The number of aryl methyl sites for hydroxylation is 1. The van der Waals surface area contributed by atoms with Crippen molar-refractivity contribution < 1.29 is 4.79 Å². The summed E-state index contributed by atoms with van der Waals surface area (Å²) >= 11 is 0. The van der Waals surface area contributed by atoms with Crippen molar-refractivity contribution in [2.75, 3.05) is 20.1 Å². The minimum absolute atomic E-state index is 0.276. The smallest absolute Gasteiger partial charge is 0.227 e. The van der Waals surface area contributed by atoms with E-state index in [-0.39, 0.29) is 5.91 Å². The second-order valence-electron chi connectivity index (χ2n) is 11.4. The number of hydrogen-bond acceptors (Lipinski definition) is 2. The first-order chi connectivity index (χ1) is 15.4. The Balaban J connectivity index is 1.71. The van der Waals surface area contributed by atoms with E-state index in [9.17, 15) is 4.79 Å². The molecule has 1 aliphatic carbocycles. The number of carbonyl (C=O) groups is 1. The van der Waals surface area contributed by atoms with Gasteiger partial charge in [0.15, 0.2) is 0 Å². The maximum absolute atomic E-state index is 13.3. The summed E-state index contributed by atoms with van der Waals surface area (Å²) < 4.78 is 0. The highest BCUT2D eigenvalue weighted by atomic mass is 16.2. The number of rotatable bonds is 4. The SMILES string of the molecule is Cc1ccc(CC(=O)N(C)C2CCC(C)(C)CC2N2CCCCCCCCCCC2)cc1. The van der Waals surface area contributed by atoms with Crippen LogP contribution in [-0.4, -0.2) is 47.9 Å². The fraction of sp³-hybridized carbons (Fsp3) is 0.759. The molecule has 0 spiro atoms. The molecule has 1 heterocycles. The van der Waals surface area contributed by atoms with Crippen LogP contribution in [-0.2, 0) is 11.2 Å². The summed E-state index contributed by atoms with van der Waals surface area (Å²) in [5.74, 6) is 0.276. The molecule has 3 rings (SSSR count). The fourth-order valence-electron chi connectivity index (χ4n) is 5.86. The van der Waals surface area contributed by atoms with Gasteiger partial charge in [-0.3, -0.25) is 9.69 Å². The molecule has 1 saturated carbocycles. The van der Waals surface area contributed by atoms with E-state index in [2.05, 4.69) is 61.9 Å². The largest absolute Gasteiger partial charge is 0.341 e. The number of likely N-dealkylation sites (N-methyl/N-ethyl adjacent to an activating group) is 1. The number of nitrogens with zero attached hydrogens (tertiary/aromatic N) is 2. The molecule has 1 aromatic rings. The average molecular weight is 441 g/mol.